The highest BCUT2D eigenvalue weighted by molar-refractivity contribution is 6.32. The van der Waals surface area contributed by atoms with Crippen LogP contribution in [0.2, 0.25) is 5.02 Å². The number of carbonyl (C=O) groups is 4. The number of aromatic nitrogens is 3. The van der Waals surface area contributed by atoms with Crippen LogP contribution in [0, 0.1) is 33.1 Å². The number of carboxylic acid groups (broad SMARTS) is 1. The summed E-state index contributed by atoms with van der Waals surface area (Å²) in [6.07, 6.45) is 2.44. The Morgan fingerprint density at radius 3 is 2.23 bits per heavy atom. The number of imide groups is 1. The van der Waals surface area contributed by atoms with Crippen LogP contribution in [0.1, 0.15) is 85.0 Å². The zero-order valence-electron chi connectivity index (χ0n) is 40.8. The molecule has 372 valence electrons. The molecule has 70 heavy (non-hydrogen) atoms. The Labute approximate surface area is 413 Å². The van der Waals surface area contributed by atoms with Gasteiger partial charge in [-0.15, -0.1) is 0 Å². The van der Waals surface area contributed by atoms with Crippen molar-refractivity contribution in [1.82, 2.24) is 34.4 Å². The Hall–Kier alpha value is -6.11. The summed E-state index contributed by atoms with van der Waals surface area (Å²) in [5.41, 5.74) is 9.01. The Morgan fingerprint density at radius 2 is 1.54 bits per heavy atom. The minimum atomic E-state index is -0.938. The van der Waals surface area contributed by atoms with Gasteiger partial charge in [0.05, 0.1) is 54.8 Å². The maximum atomic E-state index is 13.4. The van der Waals surface area contributed by atoms with Crippen molar-refractivity contribution in [3.63, 3.8) is 0 Å². The number of hydrogen-bond donors (Lipinski definition) is 4. The van der Waals surface area contributed by atoms with Crippen LogP contribution in [-0.2, 0) is 34.3 Å². The van der Waals surface area contributed by atoms with Crippen LogP contribution in [0.3, 0.4) is 0 Å². The van der Waals surface area contributed by atoms with Gasteiger partial charge in [0.1, 0.15) is 17.3 Å². The number of halogens is 1. The lowest BCUT2D eigenvalue weighted by molar-refractivity contribution is -0.120. The summed E-state index contributed by atoms with van der Waals surface area (Å²) < 4.78 is 21.7. The lowest BCUT2D eigenvalue weighted by atomic mass is 9.98. The molecule has 3 aliphatic rings. The molecule has 1 atom stereocenters. The number of amidine groups is 1. The summed E-state index contributed by atoms with van der Waals surface area (Å²) in [5.74, 6) is -1.56. The molecule has 0 aliphatic carbocycles. The van der Waals surface area contributed by atoms with Crippen LogP contribution >= 0.6 is 11.6 Å². The van der Waals surface area contributed by atoms with Crippen LogP contribution in [-0.4, -0.2) is 149 Å². The number of benzene rings is 3. The van der Waals surface area contributed by atoms with Gasteiger partial charge >= 0.3 is 5.97 Å². The number of fused-ring (bicyclic) bond motifs is 2. The van der Waals surface area contributed by atoms with E-state index >= 15 is 0 Å². The molecule has 8 rings (SSSR count). The van der Waals surface area contributed by atoms with E-state index in [0.717, 1.165) is 105 Å². The molecule has 5 aromatic rings. The molecule has 0 saturated carbocycles. The van der Waals surface area contributed by atoms with E-state index in [2.05, 4.69) is 39.5 Å². The second-order valence-corrected chi connectivity index (χ2v) is 18.8. The Kier molecular flexibility index (Phi) is 16.0. The normalized spacial score (nSPS) is 16.7. The van der Waals surface area contributed by atoms with E-state index in [1.54, 1.807) is 18.2 Å². The molecule has 1 unspecified atom stereocenters. The molecule has 5 heterocycles. The van der Waals surface area contributed by atoms with Crippen molar-refractivity contribution < 1.29 is 38.5 Å². The van der Waals surface area contributed by atoms with Crippen LogP contribution in [0.25, 0.3) is 22.0 Å². The molecule has 4 N–H and O–H groups in total. The standard InChI is InChI=1S/C52H64ClN9O8/c1-32-30-36(31-33(2)46(32)53)70-26-8-13-38-37-10-6-11-39(44-34(3)57-58(5)35(44)4)47(37)61(48(38)52(66)67)24-23-60-21-19-59(20-22-60)18-9-25-68-28-29-69-27-17-55-41-14-7-12-40-45(41)51(65)62(50(40)64)42-15-16-43(63)56-49(42)54/h6-7,10-12,14,30-31,42,55H,8-9,13,15-29H2,1-5H3,(H,66,67)(H2,54,56,63). The topological polar surface area (TPSA) is 197 Å². The van der Waals surface area contributed by atoms with Crippen molar-refractivity contribution >= 4 is 57.7 Å². The van der Waals surface area contributed by atoms with Crippen molar-refractivity contribution in [3.8, 4) is 16.9 Å². The Balaban J connectivity index is 0.786. The summed E-state index contributed by atoms with van der Waals surface area (Å²) in [7, 11) is 1.94. The summed E-state index contributed by atoms with van der Waals surface area (Å²) in [6, 6.07) is 14.3. The maximum absolute atomic E-state index is 13.4. The molecule has 0 spiro atoms. The first-order chi connectivity index (χ1) is 33.7. The first kappa shape index (κ1) is 50.3. The molecule has 2 fully saturated rings. The second kappa shape index (κ2) is 22.3. The number of amides is 3. The highest BCUT2D eigenvalue weighted by Crippen LogP contribution is 2.38. The van der Waals surface area contributed by atoms with Crippen molar-refractivity contribution in [2.45, 2.75) is 72.4 Å². The number of piperazine rings is 1. The van der Waals surface area contributed by atoms with E-state index in [1.807, 2.05) is 55.3 Å². The minimum absolute atomic E-state index is 0.141. The fourth-order valence-electron chi connectivity index (χ4n) is 10.1. The monoisotopic (exact) mass is 977 g/mol. The predicted octanol–water partition coefficient (Wildman–Crippen LogP) is 6.64. The quantitative estimate of drug-likeness (QED) is 0.0427. The van der Waals surface area contributed by atoms with E-state index in [0.29, 0.717) is 76.9 Å². The Bertz CT molecular complexity index is 2770. The third-order valence-electron chi connectivity index (χ3n) is 13.7. The number of para-hydroxylation sites is 1. The number of rotatable bonds is 22. The first-order valence-electron chi connectivity index (χ1n) is 24.2. The largest absolute Gasteiger partial charge is 0.494 e. The van der Waals surface area contributed by atoms with Gasteiger partial charge in [-0.2, -0.15) is 5.10 Å². The molecular weight excluding hydrogens is 914 g/mol. The lowest BCUT2D eigenvalue weighted by Crippen LogP contribution is -2.53. The van der Waals surface area contributed by atoms with Crippen LogP contribution < -0.4 is 15.4 Å². The van der Waals surface area contributed by atoms with Crippen molar-refractivity contribution in [3.05, 3.63) is 98.5 Å². The molecule has 17 nitrogen and oxygen atoms in total. The number of anilines is 1. The fourth-order valence-corrected chi connectivity index (χ4v) is 10.3. The van der Waals surface area contributed by atoms with Gasteiger partial charge in [-0.25, -0.2) is 4.79 Å². The lowest BCUT2D eigenvalue weighted by Gasteiger charge is -2.34. The smallest absolute Gasteiger partial charge is 0.352 e. The van der Waals surface area contributed by atoms with E-state index in [-0.39, 0.29) is 35.7 Å². The summed E-state index contributed by atoms with van der Waals surface area (Å²) in [6.45, 7) is 16.4. The van der Waals surface area contributed by atoms with Gasteiger partial charge in [0.15, 0.2) is 0 Å². The molecule has 3 aliphatic heterocycles. The summed E-state index contributed by atoms with van der Waals surface area (Å²) >= 11 is 6.39. The van der Waals surface area contributed by atoms with E-state index in [4.69, 9.17) is 36.3 Å². The molecule has 18 heteroatoms. The van der Waals surface area contributed by atoms with Gasteiger partial charge < -0.3 is 39.4 Å². The SMILES string of the molecule is Cc1cc(OCCCc2c(C(=O)O)n(CCN3CCN(CCCOCCOCCNc4cccc5c4C(=O)N(C4CCC(=O)NC4=N)C5=O)CC3)c3c(-c4c(C)nn(C)c4C)cccc23)cc(C)c1Cl. The van der Waals surface area contributed by atoms with E-state index in [9.17, 15) is 24.3 Å². The van der Waals surface area contributed by atoms with Gasteiger partial charge in [-0.05, 0) is 94.3 Å². The van der Waals surface area contributed by atoms with Gasteiger partial charge in [0.25, 0.3) is 11.8 Å². The summed E-state index contributed by atoms with van der Waals surface area (Å²) in [4.78, 5) is 57.5. The molecular formula is C52H64ClN9O8. The van der Waals surface area contributed by atoms with E-state index in [1.165, 1.54) is 0 Å². The average molecular weight is 979 g/mol. The van der Waals surface area contributed by atoms with Crippen LogP contribution in [0.4, 0.5) is 5.69 Å². The number of carboxylic acids is 1. The van der Waals surface area contributed by atoms with Crippen LogP contribution in [0.15, 0.2) is 48.5 Å². The number of piperidine rings is 1. The zero-order chi connectivity index (χ0) is 49.6. The van der Waals surface area contributed by atoms with Crippen LogP contribution in [0.5, 0.6) is 5.75 Å². The van der Waals surface area contributed by atoms with Crippen molar-refractivity contribution in [2.75, 3.05) is 84.2 Å². The van der Waals surface area contributed by atoms with Gasteiger partial charge in [0, 0.05) is 105 Å². The zero-order valence-corrected chi connectivity index (χ0v) is 41.5. The van der Waals surface area contributed by atoms with Gasteiger partial charge in [-0.1, -0.05) is 35.9 Å². The molecule has 3 amide bonds. The number of aromatic carboxylic acids is 1. The van der Waals surface area contributed by atoms with Gasteiger partial charge in [-0.3, -0.25) is 34.3 Å². The predicted molar refractivity (Wildman–Crippen MR) is 269 cm³/mol. The highest BCUT2D eigenvalue weighted by Gasteiger charge is 2.44. The highest BCUT2D eigenvalue weighted by atomic mass is 35.5. The number of aryl methyl sites for hydroxylation is 5. The van der Waals surface area contributed by atoms with E-state index < -0.39 is 23.8 Å². The number of nitrogens with one attached hydrogen (secondary N) is 3. The number of ether oxygens (including phenoxy) is 3. The van der Waals surface area contributed by atoms with Gasteiger partial charge in [0.2, 0.25) is 5.91 Å². The minimum Gasteiger partial charge on any atom is -0.494 e. The summed E-state index contributed by atoms with van der Waals surface area (Å²) in [5, 5.41) is 31.1. The molecule has 2 saturated heterocycles. The Morgan fingerprint density at radius 1 is 0.857 bits per heavy atom. The first-order valence-corrected chi connectivity index (χ1v) is 24.6. The number of nitrogens with zero attached hydrogens (tertiary/aromatic N) is 6. The van der Waals surface area contributed by atoms with Crippen molar-refractivity contribution in [2.24, 2.45) is 7.05 Å². The molecule has 3 aromatic carbocycles. The number of hydrogen-bond acceptors (Lipinski definition) is 12. The molecule has 2 aromatic heterocycles. The molecule has 0 bridgehead atoms. The fraction of sp³-hybridized carbons (Fsp3) is 0.462. The average Bonchev–Trinajstić information content (AvgIpc) is 3.90. The van der Waals surface area contributed by atoms with Crippen molar-refractivity contribution in [1.29, 1.82) is 5.41 Å². The third-order valence-corrected chi connectivity index (χ3v) is 14.3. The third kappa shape index (κ3) is 10.8. The second-order valence-electron chi connectivity index (χ2n) is 18.4. The maximum Gasteiger partial charge on any atom is 0.352 e. The molecule has 0 radical (unpaired) electrons. The number of carbonyl (C=O) groups excluding carboxylic acids is 3.